The molecule has 3 heterocycles. The minimum absolute atomic E-state index is 0.0472. The maximum Gasteiger partial charge on any atom is 0.387 e. The molecule has 4 atom stereocenters. The monoisotopic (exact) mass is 501 g/mol. The van der Waals surface area contributed by atoms with Gasteiger partial charge in [0.1, 0.15) is 17.1 Å². The van der Waals surface area contributed by atoms with E-state index in [1.807, 2.05) is 31.2 Å². The van der Waals surface area contributed by atoms with Gasteiger partial charge in [0.25, 0.3) is 5.91 Å². The first-order valence-corrected chi connectivity index (χ1v) is 12.2. The van der Waals surface area contributed by atoms with Gasteiger partial charge in [-0.1, -0.05) is 24.3 Å². The van der Waals surface area contributed by atoms with Gasteiger partial charge in [0.05, 0.1) is 18.2 Å². The van der Waals surface area contributed by atoms with Crippen LogP contribution in [0, 0.1) is 5.92 Å². The Labute approximate surface area is 207 Å². The van der Waals surface area contributed by atoms with E-state index >= 15 is 0 Å². The topological polar surface area (TPSA) is 85.3 Å². The van der Waals surface area contributed by atoms with Crippen molar-refractivity contribution in [2.45, 2.75) is 62.9 Å². The van der Waals surface area contributed by atoms with Crippen molar-refractivity contribution < 1.29 is 37.7 Å². The third-order valence-corrected chi connectivity index (χ3v) is 7.83. The fourth-order valence-corrected chi connectivity index (χ4v) is 6.08. The standard InChI is InChI=1S/C27H29F2NO6/c1-26(12-10-22(31)32)20-15-27(16-34-23(20)19-8-2-3-9-21(19)36-26)11-5-13-30(27)24(33)17-6-4-7-18(14-17)35-25(28)29/h2-4,6-9,14,20,23,25H,5,10-13,15-16H2,1H3,(H,31,32)/t20-,23+,26+,27+/m1/s1. The minimum Gasteiger partial charge on any atom is -0.487 e. The Bertz CT molecular complexity index is 1160. The van der Waals surface area contributed by atoms with Crippen LogP contribution in [0.15, 0.2) is 48.5 Å². The van der Waals surface area contributed by atoms with Gasteiger partial charge in [-0.15, -0.1) is 0 Å². The number of fused-ring (bicyclic) bond motifs is 3. The van der Waals surface area contributed by atoms with Gasteiger partial charge in [0.2, 0.25) is 0 Å². The van der Waals surface area contributed by atoms with E-state index in [-0.39, 0.29) is 35.7 Å². The summed E-state index contributed by atoms with van der Waals surface area (Å²) in [6.07, 6.45) is 2.07. The predicted molar refractivity (Wildman–Crippen MR) is 125 cm³/mol. The van der Waals surface area contributed by atoms with E-state index in [1.165, 1.54) is 18.2 Å². The van der Waals surface area contributed by atoms with Crippen molar-refractivity contribution in [1.82, 2.24) is 4.90 Å². The number of likely N-dealkylation sites (tertiary alicyclic amines) is 1. The molecule has 0 radical (unpaired) electrons. The molecule has 192 valence electrons. The summed E-state index contributed by atoms with van der Waals surface area (Å²) in [4.78, 5) is 26.8. The molecule has 1 amide bonds. The number of carboxylic acids is 1. The minimum atomic E-state index is -2.98. The van der Waals surface area contributed by atoms with Gasteiger partial charge in [-0.25, -0.2) is 0 Å². The fourth-order valence-electron chi connectivity index (χ4n) is 6.08. The van der Waals surface area contributed by atoms with Crippen molar-refractivity contribution in [3.8, 4) is 11.5 Å². The highest BCUT2D eigenvalue weighted by Gasteiger charge is 2.57. The highest BCUT2D eigenvalue weighted by molar-refractivity contribution is 5.95. The van der Waals surface area contributed by atoms with Crippen LogP contribution >= 0.6 is 0 Å². The molecule has 7 nitrogen and oxygen atoms in total. The molecule has 1 spiro atoms. The van der Waals surface area contributed by atoms with Crippen LogP contribution in [-0.2, 0) is 9.53 Å². The lowest BCUT2D eigenvalue weighted by atomic mass is 9.68. The summed E-state index contributed by atoms with van der Waals surface area (Å²) in [5.74, 6) is -0.716. The zero-order valence-electron chi connectivity index (χ0n) is 20.0. The van der Waals surface area contributed by atoms with E-state index in [4.69, 9.17) is 9.47 Å². The van der Waals surface area contributed by atoms with Crippen molar-refractivity contribution >= 4 is 11.9 Å². The molecule has 2 fully saturated rings. The van der Waals surface area contributed by atoms with E-state index in [2.05, 4.69) is 4.74 Å². The maximum absolute atomic E-state index is 13.6. The van der Waals surface area contributed by atoms with Crippen LogP contribution in [0.1, 0.15) is 61.1 Å². The highest BCUT2D eigenvalue weighted by Crippen LogP contribution is 2.55. The number of benzene rings is 2. The van der Waals surface area contributed by atoms with E-state index in [0.717, 1.165) is 18.4 Å². The Morgan fingerprint density at radius 3 is 2.81 bits per heavy atom. The SMILES string of the molecule is C[C@@]1(CCC(=O)O)Oc2ccccc2[C@@H]2OC[C@]3(CCCN3C(=O)c3cccc(OC(F)F)c3)C[C@H]21. The number of carboxylic acid groups (broad SMARTS) is 1. The van der Waals surface area contributed by atoms with Crippen LogP contribution in [0.2, 0.25) is 0 Å². The fraction of sp³-hybridized carbons (Fsp3) is 0.481. The first kappa shape index (κ1) is 24.5. The molecular weight excluding hydrogens is 472 g/mol. The molecule has 3 aliphatic rings. The van der Waals surface area contributed by atoms with E-state index in [1.54, 1.807) is 11.0 Å². The first-order valence-electron chi connectivity index (χ1n) is 12.2. The van der Waals surface area contributed by atoms with Crippen molar-refractivity contribution in [2.75, 3.05) is 13.2 Å². The van der Waals surface area contributed by atoms with Crippen molar-refractivity contribution in [2.24, 2.45) is 5.92 Å². The van der Waals surface area contributed by atoms with Gasteiger partial charge in [0, 0.05) is 30.0 Å². The number of para-hydroxylation sites is 1. The van der Waals surface area contributed by atoms with Gasteiger partial charge < -0.3 is 24.2 Å². The van der Waals surface area contributed by atoms with Crippen LogP contribution < -0.4 is 9.47 Å². The lowest BCUT2D eigenvalue weighted by molar-refractivity contribution is -0.169. The summed E-state index contributed by atoms with van der Waals surface area (Å²) in [5, 5.41) is 9.38. The largest absolute Gasteiger partial charge is 0.487 e. The van der Waals surface area contributed by atoms with Crippen LogP contribution in [0.25, 0.3) is 0 Å². The molecule has 0 aliphatic carbocycles. The van der Waals surface area contributed by atoms with Crippen LogP contribution in [0.5, 0.6) is 11.5 Å². The average molecular weight is 502 g/mol. The number of hydrogen-bond donors (Lipinski definition) is 1. The molecule has 2 saturated heterocycles. The average Bonchev–Trinajstić information content (AvgIpc) is 3.25. The zero-order chi connectivity index (χ0) is 25.5. The summed E-state index contributed by atoms with van der Waals surface area (Å²) < 4.78 is 42.8. The lowest BCUT2D eigenvalue weighted by Crippen LogP contribution is -2.60. The number of halogens is 2. The Balaban J connectivity index is 1.45. The summed E-state index contributed by atoms with van der Waals surface area (Å²) >= 11 is 0. The molecule has 1 N–H and O–H groups in total. The number of alkyl halides is 2. The summed E-state index contributed by atoms with van der Waals surface area (Å²) in [6.45, 7) is -0.202. The van der Waals surface area contributed by atoms with Gasteiger partial charge in [0.15, 0.2) is 0 Å². The third-order valence-electron chi connectivity index (χ3n) is 7.83. The quantitative estimate of drug-likeness (QED) is 0.596. The Hall–Kier alpha value is -3.20. The molecule has 0 saturated carbocycles. The summed E-state index contributed by atoms with van der Waals surface area (Å²) in [5.41, 5.74) is -0.196. The Morgan fingerprint density at radius 2 is 2.03 bits per heavy atom. The van der Waals surface area contributed by atoms with Gasteiger partial charge in [-0.05, 0) is 56.9 Å². The molecule has 0 unspecified atom stereocenters. The molecule has 0 aromatic heterocycles. The molecule has 9 heteroatoms. The summed E-state index contributed by atoms with van der Waals surface area (Å²) in [6, 6.07) is 13.5. The van der Waals surface area contributed by atoms with Crippen LogP contribution in [0.3, 0.4) is 0 Å². The van der Waals surface area contributed by atoms with Gasteiger partial charge >= 0.3 is 12.6 Å². The van der Waals surface area contributed by atoms with Crippen LogP contribution in [-0.4, -0.2) is 52.8 Å². The molecular formula is C27H29F2NO6. The molecule has 5 rings (SSSR count). The molecule has 3 aliphatic heterocycles. The molecule has 36 heavy (non-hydrogen) atoms. The summed E-state index contributed by atoms with van der Waals surface area (Å²) in [7, 11) is 0. The molecule has 0 bridgehead atoms. The smallest absolute Gasteiger partial charge is 0.387 e. The zero-order valence-corrected chi connectivity index (χ0v) is 20.0. The lowest BCUT2D eigenvalue weighted by Gasteiger charge is -2.54. The van der Waals surface area contributed by atoms with E-state index < -0.39 is 23.7 Å². The first-order chi connectivity index (χ1) is 17.2. The highest BCUT2D eigenvalue weighted by atomic mass is 19.3. The second kappa shape index (κ2) is 9.35. The number of ether oxygens (including phenoxy) is 3. The molecule has 2 aromatic rings. The Morgan fingerprint density at radius 1 is 1.22 bits per heavy atom. The van der Waals surface area contributed by atoms with Gasteiger partial charge in [-0.3, -0.25) is 9.59 Å². The van der Waals surface area contributed by atoms with E-state index in [9.17, 15) is 23.5 Å². The van der Waals surface area contributed by atoms with E-state index in [0.29, 0.717) is 31.7 Å². The van der Waals surface area contributed by atoms with Crippen molar-refractivity contribution in [3.05, 3.63) is 59.7 Å². The third kappa shape index (κ3) is 4.40. The number of nitrogens with zero attached hydrogens (tertiary/aromatic N) is 1. The van der Waals surface area contributed by atoms with Crippen molar-refractivity contribution in [3.63, 3.8) is 0 Å². The number of aliphatic carboxylic acids is 1. The number of rotatable bonds is 6. The Kier molecular flexibility index (Phi) is 6.36. The number of carbonyl (C=O) groups excluding carboxylic acids is 1. The normalized spacial score (nSPS) is 28.9. The predicted octanol–water partition coefficient (Wildman–Crippen LogP) is 5.06. The molecule has 2 aromatic carbocycles. The van der Waals surface area contributed by atoms with Crippen LogP contribution in [0.4, 0.5) is 8.78 Å². The number of carbonyl (C=O) groups is 2. The maximum atomic E-state index is 13.6. The second-order valence-corrected chi connectivity index (χ2v) is 10.1. The van der Waals surface area contributed by atoms with Gasteiger partial charge in [-0.2, -0.15) is 8.78 Å². The number of amides is 1. The second-order valence-electron chi connectivity index (χ2n) is 10.1. The van der Waals surface area contributed by atoms with Crippen molar-refractivity contribution in [1.29, 1.82) is 0 Å². The number of hydrogen-bond acceptors (Lipinski definition) is 5.